The quantitative estimate of drug-likeness (QED) is 0.845. The molecule has 0 aliphatic heterocycles. The lowest BCUT2D eigenvalue weighted by molar-refractivity contribution is 0.765. The molecule has 0 spiro atoms. The first-order valence-corrected chi connectivity index (χ1v) is 6.48. The zero-order chi connectivity index (χ0) is 14.2. The van der Waals surface area contributed by atoms with Crippen molar-refractivity contribution in [3.8, 4) is 0 Å². The summed E-state index contributed by atoms with van der Waals surface area (Å²) in [5, 5.41) is 7.73. The summed E-state index contributed by atoms with van der Waals surface area (Å²) in [6, 6.07) is 6.25. The summed E-state index contributed by atoms with van der Waals surface area (Å²) in [6.45, 7) is 6.05. The van der Waals surface area contributed by atoms with Crippen molar-refractivity contribution in [2.75, 3.05) is 5.32 Å². The third-order valence-electron chi connectivity index (χ3n) is 3.10. The summed E-state index contributed by atoms with van der Waals surface area (Å²) in [5.74, 6) is 0.831. The molecule has 0 atom stereocenters. The Hall–Kier alpha value is -1.88. The minimum atomic E-state index is 0.359. The zero-order valence-corrected chi connectivity index (χ0v) is 12.4. The van der Waals surface area contributed by atoms with E-state index in [4.69, 9.17) is 18.0 Å². The van der Waals surface area contributed by atoms with Crippen LogP contribution in [-0.2, 0) is 7.05 Å². The van der Waals surface area contributed by atoms with Gasteiger partial charge in [-0.05, 0) is 32.4 Å². The molecule has 5 heteroatoms. The molecule has 0 unspecified atom stereocenters. The van der Waals surface area contributed by atoms with Crippen LogP contribution in [0.15, 0.2) is 18.2 Å². The molecule has 4 nitrogen and oxygen atoms in total. The number of hydrogen-bond donors (Lipinski definition) is 2. The summed E-state index contributed by atoms with van der Waals surface area (Å²) in [4.78, 5) is 0.359. The van der Waals surface area contributed by atoms with Gasteiger partial charge in [-0.25, -0.2) is 0 Å². The van der Waals surface area contributed by atoms with E-state index >= 15 is 0 Å². The first kappa shape index (κ1) is 13.5. The lowest BCUT2D eigenvalue weighted by atomic mass is 10.1. The predicted molar refractivity (Wildman–Crippen MR) is 83.0 cm³/mol. The average Bonchev–Trinajstić information content (AvgIpc) is 2.57. The van der Waals surface area contributed by atoms with E-state index < -0.39 is 0 Å². The molecule has 0 saturated carbocycles. The second-order valence-electron chi connectivity index (χ2n) is 4.74. The fourth-order valence-electron chi connectivity index (χ4n) is 2.18. The van der Waals surface area contributed by atoms with E-state index in [1.54, 1.807) is 4.68 Å². The highest BCUT2D eigenvalue weighted by molar-refractivity contribution is 7.80. The maximum atomic E-state index is 5.78. The van der Waals surface area contributed by atoms with Crippen LogP contribution in [0.4, 0.5) is 11.5 Å². The van der Waals surface area contributed by atoms with Crippen molar-refractivity contribution >= 4 is 28.7 Å². The minimum Gasteiger partial charge on any atom is -0.389 e. The van der Waals surface area contributed by atoms with Gasteiger partial charge in [-0.3, -0.25) is 4.68 Å². The van der Waals surface area contributed by atoms with Crippen molar-refractivity contribution in [2.24, 2.45) is 12.8 Å². The third-order valence-corrected chi connectivity index (χ3v) is 3.31. The molecule has 1 aromatic carbocycles. The predicted octanol–water partition coefficient (Wildman–Crippen LogP) is 2.72. The molecule has 0 bridgehead atoms. The first-order valence-electron chi connectivity index (χ1n) is 6.08. The van der Waals surface area contributed by atoms with Gasteiger partial charge in [0.05, 0.1) is 11.3 Å². The Morgan fingerprint density at radius 1 is 1.32 bits per heavy atom. The fourth-order valence-corrected chi connectivity index (χ4v) is 2.42. The van der Waals surface area contributed by atoms with Crippen LogP contribution in [0.25, 0.3) is 0 Å². The van der Waals surface area contributed by atoms with Gasteiger partial charge in [0.2, 0.25) is 0 Å². The summed E-state index contributed by atoms with van der Waals surface area (Å²) >= 11 is 5.10. The summed E-state index contributed by atoms with van der Waals surface area (Å²) < 4.78 is 1.77. The van der Waals surface area contributed by atoms with Crippen molar-refractivity contribution in [1.29, 1.82) is 0 Å². The van der Waals surface area contributed by atoms with E-state index in [0.29, 0.717) is 4.99 Å². The number of nitrogens with two attached hydrogens (primary N) is 1. The van der Waals surface area contributed by atoms with Crippen molar-refractivity contribution in [3.63, 3.8) is 0 Å². The van der Waals surface area contributed by atoms with Crippen molar-refractivity contribution in [2.45, 2.75) is 20.8 Å². The van der Waals surface area contributed by atoms with Gasteiger partial charge in [0.1, 0.15) is 10.8 Å². The third kappa shape index (κ3) is 2.61. The molecule has 1 aromatic heterocycles. The maximum absolute atomic E-state index is 5.78. The molecule has 0 aliphatic carbocycles. The number of aromatic nitrogens is 2. The van der Waals surface area contributed by atoms with Crippen LogP contribution in [0.5, 0.6) is 0 Å². The first-order chi connectivity index (χ1) is 8.90. The Bertz CT molecular complexity index is 643. The number of nitrogens with zero attached hydrogens (tertiary/aromatic N) is 2. The van der Waals surface area contributed by atoms with Crippen LogP contribution in [0, 0.1) is 20.8 Å². The number of nitrogens with one attached hydrogen (secondary N) is 1. The molecule has 0 aliphatic rings. The minimum absolute atomic E-state index is 0.359. The van der Waals surface area contributed by atoms with Crippen LogP contribution in [0.2, 0.25) is 0 Å². The lowest BCUT2D eigenvalue weighted by Crippen LogP contribution is -2.13. The summed E-state index contributed by atoms with van der Waals surface area (Å²) in [6.07, 6.45) is 0. The van der Waals surface area contributed by atoms with Gasteiger partial charge in [0.15, 0.2) is 0 Å². The van der Waals surface area contributed by atoms with E-state index in [-0.39, 0.29) is 0 Å². The monoisotopic (exact) mass is 274 g/mol. The van der Waals surface area contributed by atoms with E-state index in [1.807, 2.05) is 14.0 Å². The molecule has 100 valence electrons. The van der Waals surface area contributed by atoms with Crippen LogP contribution >= 0.6 is 12.2 Å². The van der Waals surface area contributed by atoms with Gasteiger partial charge < -0.3 is 11.1 Å². The molecule has 3 N–H and O–H groups in total. The molecule has 0 amide bonds. The number of hydrogen-bond acceptors (Lipinski definition) is 3. The molecule has 19 heavy (non-hydrogen) atoms. The Balaban J connectivity index is 2.46. The highest BCUT2D eigenvalue weighted by Crippen LogP contribution is 2.25. The SMILES string of the molecule is Cc1ccc(Nc2c(C(N)=S)c(C)nn2C)c(C)c1. The Morgan fingerprint density at radius 3 is 2.58 bits per heavy atom. The zero-order valence-electron chi connectivity index (χ0n) is 11.6. The van der Waals surface area contributed by atoms with Crippen molar-refractivity contribution in [3.05, 3.63) is 40.6 Å². The fraction of sp³-hybridized carbons (Fsp3) is 0.286. The number of anilines is 2. The summed E-state index contributed by atoms with van der Waals surface area (Å²) in [7, 11) is 1.88. The normalized spacial score (nSPS) is 10.5. The maximum Gasteiger partial charge on any atom is 0.138 e. The van der Waals surface area contributed by atoms with Crippen LogP contribution in [0.3, 0.4) is 0 Å². The van der Waals surface area contributed by atoms with E-state index in [1.165, 1.54) is 11.1 Å². The topological polar surface area (TPSA) is 55.9 Å². The van der Waals surface area contributed by atoms with Gasteiger partial charge in [0.25, 0.3) is 0 Å². The van der Waals surface area contributed by atoms with Gasteiger partial charge in [-0.2, -0.15) is 5.10 Å². The van der Waals surface area contributed by atoms with Gasteiger partial charge in [-0.1, -0.05) is 29.9 Å². The van der Waals surface area contributed by atoms with Gasteiger partial charge >= 0.3 is 0 Å². The Labute approximate surface area is 118 Å². The molecular formula is C14H18N4S. The van der Waals surface area contributed by atoms with Crippen LogP contribution in [0.1, 0.15) is 22.4 Å². The van der Waals surface area contributed by atoms with Crippen LogP contribution in [-0.4, -0.2) is 14.8 Å². The Kier molecular flexibility index (Phi) is 3.57. The second-order valence-corrected chi connectivity index (χ2v) is 5.18. The van der Waals surface area contributed by atoms with Crippen molar-refractivity contribution < 1.29 is 0 Å². The molecule has 1 heterocycles. The van der Waals surface area contributed by atoms with Gasteiger partial charge in [0, 0.05) is 12.7 Å². The number of benzene rings is 1. The van der Waals surface area contributed by atoms with E-state index in [2.05, 4.69) is 42.5 Å². The molecule has 0 radical (unpaired) electrons. The van der Waals surface area contributed by atoms with E-state index in [9.17, 15) is 0 Å². The molecule has 0 saturated heterocycles. The molecule has 0 fully saturated rings. The molecular weight excluding hydrogens is 256 g/mol. The highest BCUT2D eigenvalue weighted by Gasteiger charge is 2.16. The van der Waals surface area contributed by atoms with Crippen molar-refractivity contribution in [1.82, 2.24) is 9.78 Å². The van der Waals surface area contributed by atoms with E-state index in [0.717, 1.165) is 22.8 Å². The van der Waals surface area contributed by atoms with Gasteiger partial charge in [-0.15, -0.1) is 0 Å². The summed E-state index contributed by atoms with van der Waals surface area (Å²) in [5.41, 5.74) is 10.9. The second kappa shape index (κ2) is 5.01. The lowest BCUT2D eigenvalue weighted by Gasteiger charge is -2.12. The van der Waals surface area contributed by atoms with Crippen LogP contribution < -0.4 is 11.1 Å². The molecule has 2 rings (SSSR count). The number of thiocarbonyl (C=S) groups is 1. The highest BCUT2D eigenvalue weighted by atomic mass is 32.1. The molecule has 2 aromatic rings. The number of rotatable bonds is 3. The average molecular weight is 274 g/mol. The Morgan fingerprint density at radius 2 is 2.00 bits per heavy atom. The standard InChI is InChI=1S/C14H18N4S/c1-8-5-6-11(9(2)7-8)16-14-12(13(15)19)10(3)17-18(14)4/h5-7,16H,1-4H3,(H2,15,19). The largest absolute Gasteiger partial charge is 0.389 e. The number of aryl methyl sites for hydroxylation is 4. The smallest absolute Gasteiger partial charge is 0.138 e.